The minimum Gasteiger partial charge on any atom is -1.00 e. The van der Waals surface area contributed by atoms with Gasteiger partial charge in [-0.2, -0.15) is 0 Å². The number of ether oxygens (including phenoxy) is 1. The molecular weight excluding hydrogens is 268 g/mol. The van der Waals surface area contributed by atoms with Crippen LogP contribution in [0.3, 0.4) is 0 Å². The fraction of sp³-hybridized carbons (Fsp3) is 0.750. The molecule has 0 aromatic rings. The van der Waals surface area contributed by atoms with E-state index in [0.717, 1.165) is 5.17 Å². The van der Waals surface area contributed by atoms with Crippen molar-refractivity contribution in [2.24, 2.45) is 0 Å². The van der Waals surface area contributed by atoms with Crippen LogP contribution in [0.2, 0.25) is 0 Å². The van der Waals surface area contributed by atoms with Gasteiger partial charge in [-0.05, 0) is 11.8 Å². The number of carbonyl (C=O) groups is 1. The van der Waals surface area contributed by atoms with E-state index in [1.54, 1.807) is 0 Å². The van der Waals surface area contributed by atoms with Crippen LogP contribution in [0.5, 0.6) is 0 Å². The molecule has 4 nitrogen and oxygen atoms in total. The summed E-state index contributed by atoms with van der Waals surface area (Å²) in [6.07, 6.45) is 0. The summed E-state index contributed by atoms with van der Waals surface area (Å²) in [5, 5.41) is 1.03. The Morgan fingerprint density at radius 2 is 1.93 bits per heavy atom. The molecule has 0 radical (unpaired) electrons. The van der Waals surface area contributed by atoms with Crippen LogP contribution >= 0.6 is 11.8 Å². The van der Waals surface area contributed by atoms with Gasteiger partial charge in [0.1, 0.15) is 5.75 Å². The van der Waals surface area contributed by atoms with Crippen LogP contribution in [0.25, 0.3) is 0 Å². The summed E-state index contributed by atoms with van der Waals surface area (Å²) in [6, 6.07) is 0. The molecule has 0 fully saturated rings. The highest BCUT2D eigenvalue weighted by Crippen LogP contribution is 2.05. The number of thioether (sulfide) groups is 1. The fourth-order valence-electron chi connectivity index (χ4n) is 0.841. The molecule has 0 rings (SSSR count). The van der Waals surface area contributed by atoms with Gasteiger partial charge in [0, 0.05) is 0 Å². The lowest BCUT2D eigenvalue weighted by molar-refractivity contribution is -0.466. The molecule has 0 N–H and O–H groups in total. The molecule has 84 valence electrons. The van der Waals surface area contributed by atoms with E-state index in [0.29, 0.717) is 5.75 Å². The van der Waals surface area contributed by atoms with Crippen molar-refractivity contribution < 1.29 is 31.1 Å². The minimum atomic E-state index is -0.203. The topological polar surface area (TPSA) is 32.5 Å². The first kappa shape index (κ1) is 16.2. The lowest BCUT2D eigenvalue weighted by atomic mass is 10.8. The largest absolute Gasteiger partial charge is 1.00 e. The van der Waals surface area contributed by atoms with Gasteiger partial charge < -0.3 is 21.7 Å². The van der Waals surface area contributed by atoms with E-state index in [1.165, 1.54) is 18.9 Å². The third kappa shape index (κ3) is 6.26. The number of esters is 1. The number of amidine groups is 1. The zero-order chi connectivity index (χ0) is 10.4. The second-order valence-corrected chi connectivity index (χ2v) is 3.88. The van der Waals surface area contributed by atoms with Gasteiger partial charge in [0.05, 0.1) is 35.3 Å². The standard InChI is InChI=1S/C8H17N2O2S.BrH/c1-9(2)8(10(3)4)13-6-7(11)12-5;/h6H2,1-5H3;1H/q+1;/p-1. The Morgan fingerprint density at radius 1 is 1.43 bits per heavy atom. The molecule has 0 saturated heterocycles. The maximum Gasteiger partial charge on any atom is 0.316 e. The maximum absolute atomic E-state index is 10.9. The van der Waals surface area contributed by atoms with Crippen LogP contribution in [-0.4, -0.2) is 61.7 Å². The van der Waals surface area contributed by atoms with Crippen molar-refractivity contribution in [3.8, 4) is 0 Å². The number of hydrogen-bond acceptors (Lipinski definition) is 3. The highest BCUT2D eigenvalue weighted by Gasteiger charge is 2.14. The van der Waals surface area contributed by atoms with E-state index >= 15 is 0 Å². The Labute approximate surface area is 100 Å². The normalized spacial score (nSPS) is 8.64. The number of halogens is 1. The molecule has 6 heteroatoms. The Hall–Kier alpha value is -0.230. The third-order valence-corrected chi connectivity index (χ3v) is 2.68. The van der Waals surface area contributed by atoms with E-state index in [1.807, 2.05) is 37.7 Å². The fourth-order valence-corrected chi connectivity index (χ4v) is 1.72. The zero-order valence-corrected chi connectivity index (χ0v) is 11.6. The lowest BCUT2D eigenvalue weighted by Crippen LogP contribution is -3.00. The highest BCUT2D eigenvalue weighted by atomic mass is 79.9. The van der Waals surface area contributed by atoms with Gasteiger partial charge in [-0.15, -0.1) is 0 Å². The lowest BCUT2D eigenvalue weighted by Gasteiger charge is -2.09. The van der Waals surface area contributed by atoms with Crippen LogP contribution in [0.4, 0.5) is 0 Å². The molecule has 0 aromatic carbocycles. The summed E-state index contributed by atoms with van der Waals surface area (Å²) in [7, 11) is 9.17. The van der Waals surface area contributed by atoms with Gasteiger partial charge >= 0.3 is 11.1 Å². The number of rotatable bonds is 2. The van der Waals surface area contributed by atoms with Crippen molar-refractivity contribution in [3.05, 3.63) is 0 Å². The first-order valence-corrected chi connectivity index (χ1v) is 4.88. The maximum atomic E-state index is 10.9. The summed E-state index contributed by atoms with van der Waals surface area (Å²) in [5.74, 6) is 0.147. The average Bonchev–Trinajstić information content (AvgIpc) is 2.03. The first-order chi connectivity index (χ1) is 5.99. The average molecular weight is 285 g/mol. The number of methoxy groups -OCH3 is 1. The van der Waals surface area contributed by atoms with Crippen molar-refractivity contribution >= 4 is 22.9 Å². The van der Waals surface area contributed by atoms with Gasteiger partial charge in [-0.25, -0.2) is 0 Å². The van der Waals surface area contributed by atoms with Crippen LogP contribution in [0, 0.1) is 0 Å². The molecule has 0 aliphatic rings. The van der Waals surface area contributed by atoms with Crippen LogP contribution in [-0.2, 0) is 9.53 Å². The number of carbonyl (C=O) groups excluding carboxylic acids is 1. The van der Waals surface area contributed by atoms with E-state index in [-0.39, 0.29) is 23.0 Å². The molecule has 0 aliphatic carbocycles. The van der Waals surface area contributed by atoms with Crippen molar-refractivity contribution in [2.75, 3.05) is 41.1 Å². The summed E-state index contributed by atoms with van der Waals surface area (Å²) >= 11 is 1.46. The molecule has 0 spiro atoms. The molecule has 0 atom stereocenters. The van der Waals surface area contributed by atoms with Gasteiger partial charge in [-0.1, -0.05) is 0 Å². The summed E-state index contributed by atoms with van der Waals surface area (Å²) < 4.78 is 6.52. The van der Waals surface area contributed by atoms with E-state index in [4.69, 9.17) is 0 Å². The highest BCUT2D eigenvalue weighted by molar-refractivity contribution is 8.14. The first-order valence-electron chi connectivity index (χ1n) is 3.90. The Morgan fingerprint density at radius 3 is 2.21 bits per heavy atom. The molecule has 0 unspecified atom stereocenters. The minimum absolute atomic E-state index is 0. The summed E-state index contributed by atoms with van der Waals surface area (Å²) in [6.45, 7) is 0. The van der Waals surface area contributed by atoms with Crippen LogP contribution in [0.15, 0.2) is 0 Å². The van der Waals surface area contributed by atoms with Gasteiger partial charge in [0.2, 0.25) is 0 Å². The molecule has 0 heterocycles. The van der Waals surface area contributed by atoms with Crippen molar-refractivity contribution in [1.29, 1.82) is 0 Å². The summed E-state index contributed by atoms with van der Waals surface area (Å²) in [4.78, 5) is 12.8. The SMILES string of the molecule is COC(=O)CSC(N(C)C)=[N+](C)C.[Br-]. The van der Waals surface area contributed by atoms with Gasteiger partial charge in [-0.3, -0.25) is 14.3 Å². The molecule has 0 aromatic heterocycles. The number of nitrogens with zero attached hydrogens (tertiary/aromatic N) is 2. The monoisotopic (exact) mass is 284 g/mol. The van der Waals surface area contributed by atoms with E-state index < -0.39 is 0 Å². The van der Waals surface area contributed by atoms with Crippen LogP contribution in [0.1, 0.15) is 0 Å². The smallest absolute Gasteiger partial charge is 0.316 e. The molecule has 14 heavy (non-hydrogen) atoms. The second-order valence-electron chi connectivity index (χ2n) is 2.94. The van der Waals surface area contributed by atoms with E-state index in [9.17, 15) is 4.79 Å². The predicted octanol–water partition coefficient (Wildman–Crippen LogP) is -2.91. The quantitative estimate of drug-likeness (QED) is 0.236. The van der Waals surface area contributed by atoms with Crippen molar-refractivity contribution in [1.82, 2.24) is 4.90 Å². The Kier molecular flexibility index (Phi) is 9.39. The van der Waals surface area contributed by atoms with Crippen molar-refractivity contribution in [3.63, 3.8) is 0 Å². The second kappa shape index (κ2) is 8.11. The van der Waals surface area contributed by atoms with E-state index in [2.05, 4.69) is 4.74 Å². The third-order valence-electron chi connectivity index (χ3n) is 1.31. The van der Waals surface area contributed by atoms with Gasteiger partial charge in [0.15, 0.2) is 0 Å². The molecular formula is C8H17BrN2O2S. The Balaban J connectivity index is 0. The zero-order valence-electron chi connectivity index (χ0n) is 9.20. The molecule has 0 aliphatic heterocycles. The number of hydrogen-bond donors (Lipinski definition) is 0. The molecule has 0 bridgehead atoms. The molecule has 0 amide bonds. The molecule has 0 saturated carbocycles. The van der Waals surface area contributed by atoms with Gasteiger partial charge in [0.25, 0.3) is 0 Å². The van der Waals surface area contributed by atoms with Crippen molar-refractivity contribution in [2.45, 2.75) is 0 Å². The predicted molar refractivity (Wildman–Crippen MR) is 55.3 cm³/mol. The summed E-state index contributed by atoms with van der Waals surface area (Å²) in [5.41, 5.74) is 0. The Bertz CT molecular complexity index is 215. The van der Waals surface area contributed by atoms with Crippen LogP contribution < -0.4 is 17.0 Å².